The van der Waals surface area contributed by atoms with Gasteiger partial charge < -0.3 is 10.2 Å². The van der Waals surface area contributed by atoms with Gasteiger partial charge in [0.05, 0.1) is 0 Å². The predicted molar refractivity (Wildman–Crippen MR) is 86.3 cm³/mol. The number of carbonyl (C=O) groups is 2. The normalized spacial score (nSPS) is 20.2. The van der Waals surface area contributed by atoms with Gasteiger partial charge in [-0.2, -0.15) is 0 Å². The van der Waals surface area contributed by atoms with Crippen molar-refractivity contribution in [2.24, 2.45) is 0 Å². The number of benzene rings is 1. The van der Waals surface area contributed by atoms with Gasteiger partial charge in [-0.05, 0) is 24.9 Å². The molecule has 0 bridgehead atoms. The van der Waals surface area contributed by atoms with E-state index in [0.717, 1.165) is 24.9 Å². The molecule has 0 saturated carbocycles. The Balaban J connectivity index is 2.21. The summed E-state index contributed by atoms with van der Waals surface area (Å²) in [7, 11) is 3.57. The molecule has 2 amide bonds. The lowest BCUT2D eigenvalue weighted by Crippen LogP contribution is -2.51. The lowest BCUT2D eigenvalue weighted by Gasteiger charge is -2.38. The highest BCUT2D eigenvalue weighted by Gasteiger charge is 2.32. The van der Waals surface area contributed by atoms with Crippen molar-refractivity contribution in [2.75, 3.05) is 27.2 Å². The van der Waals surface area contributed by atoms with Crippen molar-refractivity contribution in [1.29, 1.82) is 0 Å². The molecule has 1 aromatic carbocycles. The number of likely N-dealkylation sites (N-methyl/N-ethyl adjacent to an activating group) is 1. The maximum atomic E-state index is 12.7. The average molecular weight is 303 g/mol. The van der Waals surface area contributed by atoms with Crippen molar-refractivity contribution < 1.29 is 9.59 Å². The fourth-order valence-electron chi connectivity index (χ4n) is 3.04. The van der Waals surface area contributed by atoms with Crippen LogP contribution in [0.4, 0.5) is 0 Å². The standard InChI is InChI=1S/C17H25N3O2/c1-13(21)18-15-10-7-11-20(12-15)16(17(22)19(2)3)14-8-5-4-6-9-14/h4-6,8-9,15-16H,7,10-12H2,1-3H3,(H,18,21)/t15-,16-/m1/s1. The van der Waals surface area contributed by atoms with Crippen molar-refractivity contribution in [2.45, 2.75) is 31.8 Å². The number of piperidine rings is 1. The summed E-state index contributed by atoms with van der Waals surface area (Å²) in [5, 5.41) is 2.98. The molecule has 5 nitrogen and oxygen atoms in total. The highest BCUT2D eigenvalue weighted by atomic mass is 16.2. The first kappa shape index (κ1) is 16.5. The molecule has 1 N–H and O–H groups in total. The Labute approximate surface area is 132 Å². The molecule has 1 aromatic rings. The van der Waals surface area contributed by atoms with Crippen LogP contribution in [-0.2, 0) is 9.59 Å². The van der Waals surface area contributed by atoms with Gasteiger partial charge in [-0.25, -0.2) is 0 Å². The largest absolute Gasteiger partial charge is 0.352 e. The Bertz CT molecular complexity index is 516. The molecule has 1 aliphatic heterocycles. The molecule has 1 saturated heterocycles. The van der Waals surface area contributed by atoms with E-state index < -0.39 is 0 Å². The number of nitrogens with zero attached hydrogens (tertiary/aromatic N) is 2. The average Bonchev–Trinajstić information content (AvgIpc) is 2.48. The predicted octanol–water partition coefficient (Wildman–Crippen LogP) is 1.42. The van der Waals surface area contributed by atoms with Crippen LogP contribution < -0.4 is 5.32 Å². The van der Waals surface area contributed by atoms with Crippen LogP contribution in [0.15, 0.2) is 30.3 Å². The number of amides is 2. The molecule has 2 atom stereocenters. The van der Waals surface area contributed by atoms with Crippen LogP contribution in [0.5, 0.6) is 0 Å². The van der Waals surface area contributed by atoms with Crippen LogP contribution in [-0.4, -0.2) is 54.8 Å². The molecule has 0 spiro atoms. The molecule has 1 aliphatic rings. The van der Waals surface area contributed by atoms with E-state index in [9.17, 15) is 9.59 Å². The Morgan fingerprint density at radius 3 is 2.55 bits per heavy atom. The van der Waals surface area contributed by atoms with E-state index in [2.05, 4.69) is 10.2 Å². The van der Waals surface area contributed by atoms with Crippen molar-refractivity contribution in [3.05, 3.63) is 35.9 Å². The second-order valence-corrected chi connectivity index (χ2v) is 6.08. The minimum Gasteiger partial charge on any atom is -0.352 e. The zero-order chi connectivity index (χ0) is 16.1. The number of carbonyl (C=O) groups excluding carboxylic acids is 2. The summed E-state index contributed by atoms with van der Waals surface area (Å²) in [4.78, 5) is 27.8. The molecule has 120 valence electrons. The highest BCUT2D eigenvalue weighted by Crippen LogP contribution is 2.26. The number of hydrogen-bond donors (Lipinski definition) is 1. The Kier molecular flexibility index (Phi) is 5.55. The van der Waals surface area contributed by atoms with Gasteiger partial charge in [0, 0.05) is 33.6 Å². The minimum atomic E-state index is -0.284. The first-order valence-corrected chi connectivity index (χ1v) is 7.76. The van der Waals surface area contributed by atoms with Crippen LogP contribution in [0.1, 0.15) is 31.4 Å². The van der Waals surface area contributed by atoms with Crippen molar-refractivity contribution in [3.63, 3.8) is 0 Å². The van der Waals surface area contributed by atoms with E-state index >= 15 is 0 Å². The van der Waals surface area contributed by atoms with E-state index in [1.807, 2.05) is 30.3 Å². The van der Waals surface area contributed by atoms with Gasteiger partial charge in [-0.1, -0.05) is 30.3 Å². The molecule has 0 aromatic heterocycles. The van der Waals surface area contributed by atoms with E-state index in [0.29, 0.717) is 6.54 Å². The molecule has 0 unspecified atom stereocenters. The molecular weight excluding hydrogens is 278 g/mol. The summed E-state index contributed by atoms with van der Waals surface area (Å²) in [6.45, 7) is 3.12. The molecular formula is C17H25N3O2. The monoisotopic (exact) mass is 303 g/mol. The summed E-state index contributed by atoms with van der Waals surface area (Å²) >= 11 is 0. The maximum Gasteiger partial charge on any atom is 0.244 e. The van der Waals surface area contributed by atoms with Gasteiger partial charge >= 0.3 is 0 Å². The first-order valence-electron chi connectivity index (χ1n) is 7.76. The summed E-state index contributed by atoms with van der Waals surface area (Å²) in [6, 6.07) is 9.69. The molecule has 2 rings (SSSR count). The Morgan fingerprint density at radius 1 is 1.27 bits per heavy atom. The molecule has 5 heteroatoms. The number of likely N-dealkylation sites (tertiary alicyclic amines) is 1. The van der Waals surface area contributed by atoms with Gasteiger partial charge in [-0.15, -0.1) is 0 Å². The van der Waals surface area contributed by atoms with Crippen molar-refractivity contribution in [1.82, 2.24) is 15.1 Å². The summed E-state index contributed by atoms with van der Waals surface area (Å²) in [6.07, 6.45) is 1.95. The van der Waals surface area contributed by atoms with Gasteiger partial charge in [0.1, 0.15) is 6.04 Å². The SMILES string of the molecule is CC(=O)N[C@@H]1CCCN([C@@H](C(=O)N(C)C)c2ccccc2)C1. The summed E-state index contributed by atoms with van der Waals surface area (Å²) in [5.74, 6) is 0.0664. The van der Waals surface area contributed by atoms with Crippen LogP contribution in [0.2, 0.25) is 0 Å². The fourth-order valence-corrected chi connectivity index (χ4v) is 3.04. The molecule has 22 heavy (non-hydrogen) atoms. The third-order valence-electron chi connectivity index (χ3n) is 4.02. The quantitative estimate of drug-likeness (QED) is 0.915. The lowest BCUT2D eigenvalue weighted by atomic mass is 9.98. The maximum absolute atomic E-state index is 12.7. The topological polar surface area (TPSA) is 52.7 Å². The van der Waals surface area contributed by atoms with Crippen molar-refractivity contribution in [3.8, 4) is 0 Å². The van der Waals surface area contributed by atoms with Crippen LogP contribution >= 0.6 is 0 Å². The highest BCUT2D eigenvalue weighted by molar-refractivity contribution is 5.83. The zero-order valence-electron chi connectivity index (χ0n) is 13.6. The van der Waals surface area contributed by atoms with E-state index in [1.165, 1.54) is 0 Å². The Morgan fingerprint density at radius 2 is 1.95 bits per heavy atom. The van der Waals surface area contributed by atoms with Crippen molar-refractivity contribution >= 4 is 11.8 Å². The van der Waals surface area contributed by atoms with Crippen LogP contribution in [0.25, 0.3) is 0 Å². The Hall–Kier alpha value is -1.88. The molecule has 1 heterocycles. The third-order valence-corrected chi connectivity index (χ3v) is 4.02. The number of nitrogens with one attached hydrogen (secondary N) is 1. The smallest absolute Gasteiger partial charge is 0.244 e. The number of rotatable bonds is 4. The molecule has 1 fully saturated rings. The fraction of sp³-hybridized carbons (Fsp3) is 0.529. The molecule has 0 radical (unpaired) electrons. The van der Waals surface area contributed by atoms with E-state index in [-0.39, 0.29) is 23.9 Å². The second-order valence-electron chi connectivity index (χ2n) is 6.08. The number of hydrogen-bond acceptors (Lipinski definition) is 3. The van der Waals surface area contributed by atoms with E-state index in [1.54, 1.807) is 25.9 Å². The van der Waals surface area contributed by atoms with Gasteiger partial charge in [0.25, 0.3) is 0 Å². The first-order chi connectivity index (χ1) is 10.5. The van der Waals surface area contributed by atoms with Crippen LogP contribution in [0, 0.1) is 0 Å². The second kappa shape index (κ2) is 7.40. The van der Waals surface area contributed by atoms with Gasteiger partial charge in [-0.3, -0.25) is 14.5 Å². The van der Waals surface area contributed by atoms with E-state index in [4.69, 9.17) is 0 Å². The van der Waals surface area contributed by atoms with Gasteiger partial charge in [0.15, 0.2) is 0 Å². The van der Waals surface area contributed by atoms with Crippen LogP contribution in [0.3, 0.4) is 0 Å². The third kappa shape index (κ3) is 4.07. The zero-order valence-corrected chi connectivity index (χ0v) is 13.6. The summed E-state index contributed by atoms with van der Waals surface area (Å²) in [5.41, 5.74) is 1.00. The van der Waals surface area contributed by atoms with Gasteiger partial charge in [0.2, 0.25) is 11.8 Å². The lowest BCUT2D eigenvalue weighted by molar-refractivity contribution is -0.135. The molecule has 0 aliphatic carbocycles. The summed E-state index contributed by atoms with van der Waals surface area (Å²) < 4.78 is 0. The minimum absolute atomic E-state index is 0.0120.